The first-order valence-corrected chi connectivity index (χ1v) is 5.51. The van der Waals surface area contributed by atoms with E-state index in [9.17, 15) is 18.7 Å². The zero-order chi connectivity index (χ0) is 14.0. The molecule has 0 aliphatic carbocycles. The van der Waals surface area contributed by atoms with Crippen LogP contribution in [0.4, 0.5) is 14.5 Å². The molecule has 0 radical (unpaired) electrons. The van der Waals surface area contributed by atoms with Gasteiger partial charge < -0.3 is 10.0 Å². The highest BCUT2D eigenvalue weighted by atomic mass is 19.1. The summed E-state index contributed by atoms with van der Waals surface area (Å²) in [6, 6.07) is 8.63. The Kier molecular flexibility index (Phi) is 3.46. The standard InChI is InChI=1S/C14H11F2NO2/c1-17(10-3-2-4-11(18)8-10)14(19)12-7-9(15)5-6-13(12)16/h2-8,18H,1H3. The number of carbonyl (C=O) groups is 1. The van der Waals surface area contributed by atoms with Gasteiger partial charge in [-0.1, -0.05) is 6.07 Å². The van der Waals surface area contributed by atoms with Gasteiger partial charge in [0, 0.05) is 18.8 Å². The fraction of sp³-hybridized carbons (Fsp3) is 0.0714. The Morgan fingerprint density at radius 1 is 1.16 bits per heavy atom. The van der Waals surface area contributed by atoms with Gasteiger partial charge in [-0.05, 0) is 30.3 Å². The molecular weight excluding hydrogens is 252 g/mol. The zero-order valence-electron chi connectivity index (χ0n) is 10.1. The van der Waals surface area contributed by atoms with E-state index < -0.39 is 17.5 Å². The maximum atomic E-state index is 13.5. The summed E-state index contributed by atoms with van der Waals surface area (Å²) < 4.78 is 26.6. The van der Waals surface area contributed by atoms with E-state index in [0.29, 0.717) is 5.69 Å². The third-order valence-corrected chi connectivity index (χ3v) is 2.68. The normalized spacial score (nSPS) is 10.3. The number of nitrogens with zero attached hydrogens (tertiary/aromatic N) is 1. The molecule has 2 rings (SSSR count). The molecule has 3 nitrogen and oxygen atoms in total. The second kappa shape index (κ2) is 5.06. The average molecular weight is 263 g/mol. The molecule has 5 heteroatoms. The summed E-state index contributed by atoms with van der Waals surface area (Å²) in [4.78, 5) is 13.2. The van der Waals surface area contributed by atoms with Gasteiger partial charge in [-0.25, -0.2) is 8.78 Å². The fourth-order valence-corrected chi connectivity index (χ4v) is 1.66. The number of hydrogen-bond acceptors (Lipinski definition) is 2. The topological polar surface area (TPSA) is 40.5 Å². The molecule has 2 aromatic carbocycles. The first kappa shape index (κ1) is 13.0. The number of aromatic hydroxyl groups is 1. The van der Waals surface area contributed by atoms with Crippen LogP contribution in [0.3, 0.4) is 0 Å². The van der Waals surface area contributed by atoms with Crippen molar-refractivity contribution in [2.45, 2.75) is 0 Å². The van der Waals surface area contributed by atoms with Crippen LogP contribution in [-0.2, 0) is 0 Å². The fourth-order valence-electron chi connectivity index (χ4n) is 1.66. The van der Waals surface area contributed by atoms with Crippen molar-refractivity contribution in [1.82, 2.24) is 0 Å². The predicted octanol–water partition coefficient (Wildman–Crippen LogP) is 2.95. The third kappa shape index (κ3) is 2.70. The number of benzene rings is 2. The van der Waals surface area contributed by atoms with E-state index in [1.165, 1.54) is 19.2 Å². The van der Waals surface area contributed by atoms with Crippen molar-refractivity contribution in [3.05, 3.63) is 59.7 Å². The van der Waals surface area contributed by atoms with Gasteiger partial charge in [0.05, 0.1) is 5.56 Å². The van der Waals surface area contributed by atoms with Crippen LogP contribution >= 0.6 is 0 Å². The lowest BCUT2D eigenvalue weighted by atomic mass is 10.1. The molecule has 0 fully saturated rings. The number of carbonyl (C=O) groups excluding carboxylic acids is 1. The Morgan fingerprint density at radius 2 is 1.89 bits per heavy atom. The highest BCUT2D eigenvalue weighted by molar-refractivity contribution is 6.05. The second-order valence-electron chi connectivity index (χ2n) is 4.01. The number of phenolic OH excluding ortho intramolecular Hbond substituents is 1. The molecule has 1 N–H and O–H groups in total. The molecule has 0 unspecified atom stereocenters. The first-order chi connectivity index (χ1) is 8.99. The molecular formula is C14H11F2NO2. The third-order valence-electron chi connectivity index (χ3n) is 2.68. The van der Waals surface area contributed by atoms with Gasteiger partial charge in [-0.2, -0.15) is 0 Å². The maximum Gasteiger partial charge on any atom is 0.261 e. The highest BCUT2D eigenvalue weighted by Gasteiger charge is 2.18. The number of halogens is 2. The summed E-state index contributed by atoms with van der Waals surface area (Å²) in [5.74, 6) is -2.19. The molecule has 0 aliphatic heterocycles. The Bertz CT molecular complexity index is 629. The van der Waals surface area contributed by atoms with Crippen molar-refractivity contribution in [1.29, 1.82) is 0 Å². The maximum absolute atomic E-state index is 13.5. The van der Waals surface area contributed by atoms with Crippen molar-refractivity contribution in [3.8, 4) is 5.75 Å². The van der Waals surface area contributed by atoms with E-state index in [1.807, 2.05) is 0 Å². The molecule has 0 atom stereocenters. The predicted molar refractivity (Wildman–Crippen MR) is 67.2 cm³/mol. The van der Waals surface area contributed by atoms with Crippen LogP contribution in [-0.4, -0.2) is 18.1 Å². The zero-order valence-corrected chi connectivity index (χ0v) is 10.1. The van der Waals surface area contributed by atoms with E-state index in [2.05, 4.69) is 0 Å². The minimum atomic E-state index is -0.793. The summed E-state index contributed by atoms with van der Waals surface area (Å²) in [6.45, 7) is 0. The molecule has 0 bridgehead atoms. The van der Waals surface area contributed by atoms with Gasteiger partial charge in [0.1, 0.15) is 17.4 Å². The number of phenols is 1. The van der Waals surface area contributed by atoms with E-state index >= 15 is 0 Å². The van der Waals surface area contributed by atoms with Crippen molar-refractivity contribution in [2.24, 2.45) is 0 Å². The van der Waals surface area contributed by atoms with E-state index in [0.717, 1.165) is 23.1 Å². The molecule has 0 aliphatic rings. The largest absolute Gasteiger partial charge is 0.508 e. The first-order valence-electron chi connectivity index (χ1n) is 5.51. The van der Waals surface area contributed by atoms with Gasteiger partial charge in [0.15, 0.2) is 0 Å². The number of anilines is 1. The smallest absolute Gasteiger partial charge is 0.261 e. The monoisotopic (exact) mass is 263 g/mol. The van der Waals surface area contributed by atoms with E-state index in [1.54, 1.807) is 12.1 Å². The SMILES string of the molecule is CN(C(=O)c1cc(F)ccc1F)c1cccc(O)c1. The van der Waals surface area contributed by atoms with Gasteiger partial charge in [0.25, 0.3) is 5.91 Å². The number of rotatable bonds is 2. The summed E-state index contributed by atoms with van der Waals surface area (Å²) >= 11 is 0. The van der Waals surface area contributed by atoms with Gasteiger partial charge in [0.2, 0.25) is 0 Å². The Hall–Kier alpha value is -2.43. The molecule has 0 heterocycles. The van der Waals surface area contributed by atoms with Crippen LogP contribution < -0.4 is 4.90 Å². The van der Waals surface area contributed by atoms with Crippen molar-refractivity contribution < 1.29 is 18.7 Å². The number of amides is 1. The van der Waals surface area contributed by atoms with Crippen LogP contribution in [0, 0.1) is 11.6 Å². The second-order valence-corrected chi connectivity index (χ2v) is 4.01. The van der Waals surface area contributed by atoms with E-state index in [-0.39, 0.29) is 11.3 Å². The molecule has 2 aromatic rings. The van der Waals surface area contributed by atoms with Crippen LogP contribution in [0.2, 0.25) is 0 Å². The Labute approximate surface area is 108 Å². The lowest BCUT2D eigenvalue weighted by Crippen LogP contribution is -2.27. The highest BCUT2D eigenvalue weighted by Crippen LogP contribution is 2.21. The molecule has 98 valence electrons. The average Bonchev–Trinajstić information content (AvgIpc) is 2.40. The molecule has 0 saturated carbocycles. The summed E-state index contributed by atoms with van der Waals surface area (Å²) in [7, 11) is 1.42. The molecule has 0 saturated heterocycles. The minimum Gasteiger partial charge on any atom is -0.508 e. The van der Waals surface area contributed by atoms with Crippen LogP contribution in [0.1, 0.15) is 10.4 Å². The quantitative estimate of drug-likeness (QED) is 0.905. The van der Waals surface area contributed by atoms with Crippen LogP contribution in [0.5, 0.6) is 5.75 Å². The van der Waals surface area contributed by atoms with Gasteiger partial charge in [-0.3, -0.25) is 4.79 Å². The minimum absolute atomic E-state index is 0.0168. The molecule has 1 amide bonds. The lowest BCUT2D eigenvalue weighted by molar-refractivity contribution is 0.0988. The van der Waals surface area contributed by atoms with Crippen LogP contribution in [0.25, 0.3) is 0 Å². The molecule has 0 aromatic heterocycles. The summed E-state index contributed by atoms with van der Waals surface area (Å²) in [5.41, 5.74) is 0.0273. The van der Waals surface area contributed by atoms with E-state index in [4.69, 9.17) is 0 Å². The Balaban J connectivity index is 2.36. The lowest BCUT2D eigenvalue weighted by Gasteiger charge is -2.17. The van der Waals surface area contributed by atoms with Gasteiger partial charge in [-0.15, -0.1) is 0 Å². The van der Waals surface area contributed by atoms with Crippen molar-refractivity contribution >= 4 is 11.6 Å². The van der Waals surface area contributed by atoms with Crippen LogP contribution in [0.15, 0.2) is 42.5 Å². The van der Waals surface area contributed by atoms with Gasteiger partial charge >= 0.3 is 0 Å². The summed E-state index contributed by atoms with van der Waals surface area (Å²) in [5, 5.41) is 9.34. The molecule has 19 heavy (non-hydrogen) atoms. The van der Waals surface area contributed by atoms with Crippen molar-refractivity contribution in [3.63, 3.8) is 0 Å². The summed E-state index contributed by atoms with van der Waals surface area (Å²) in [6.07, 6.45) is 0. The molecule has 0 spiro atoms. The number of hydrogen-bond donors (Lipinski definition) is 1. The Morgan fingerprint density at radius 3 is 2.58 bits per heavy atom. The van der Waals surface area contributed by atoms with Crippen molar-refractivity contribution in [2.75, 3.05) is 11.9 Å².